The van der Waals surface area contributed by atoms with Gasteiger partial charge in [0.15, 0.2) is 0 Å². The van der Waals surface area contributed by atoms with E-state index in [1.165, 1.54) is 27.7 Å². The van der Waals surface area contributed by atoms with Crippen LogP contribution in [0.1, 0.15) is 30.4 Å². The molecule has 0 bridgehead atoms. The Bertz CT molecular complexity index is 1260. The van der Waals surface area contributed by atoms with Crippen molar-refractivity contribution in [3.8, 4) is 0 Å². The van der Waals surface area contributed by atoms with Crippen molar-refractivity contribution in [2.75, 3.05) is 18.1 Å². The first-order valence-electron chi connectivity index (χ1n) is 10.5. The van der Waals surface area contributed by atoms with Gasteiger partial charge in [-0.1, -0.05) is 38.8 Å². The van der Waals surface area contributed by atoms with Crippen LogP contribution in [0.15, 0.2) is 32.5 Å². The van der Waals surface area contributed by atoms with Crippen LogP contribution in [0.4, 0.5) is 5.69 Å². The molecule has 0 aliphatic carbocycles. The molecule has 0 unspecified atom stereocenters. The number of carbonyl (C=O) groups is 4. The molecule has 12 nitrogen and oxygen atoms in total. The van der Waals surface area contributed by atoms with Crippen LogP contribution in [0.5, 0.6) is 0 Å². The second-order valence-electron chi connectivity index (χ2n) is 7.33. The number of amides is 3. The maximum atomic E-state index is 12.4. The molecular formula is C21H21N5O7S2. The van der Waals surface area contributed by atoms with E-state index in [0.29, 0.717) is 39.8 Å². The molecule has 184 valence electrons. The second kappa shape index (κ2) is 12.3. The van der Waals surface area contributed by atoms with Crippen molar-refractivity contribution in [3.05, 3.63) is 50.2 Å². The fraction of sp³-hybridized carbons (Fsp3) is 0.381. The van der Waals surface area contributed by atoms with E-state index in [2.05, 4.69) is 15.3 Å². The quantitative estimate of drug-likeness (QED) is 0.0890. The number of hydroxylamine groups is 2. The van der Waals surface area contributed by atoms with Gasteiger partial charge in [0.25, 0.3) is 11.8 Å². The predicted molar refractivity (Wildman–Crippen MR) is 129 cm³/mol. The average Bonchev–Trinajstić information content (AvgIpc) is 3.13. The first kappa shape index (κ1) is 26.1. The standard InChI is InChI=1S/C21H21N5O7S2/c1-12-14-3-2-13(24-25-22)10-16(14)32-21(31)15(12)11-17(27)23-7-9-35-34-8-6-20(30)33-26-18(28)4-5-19(26)29/h2-3,10H,4-9,11H2,1H3,(H,23,27). The van der Waals surface area contributed by atoms with E-state index >= 15 is 0 Å². The predicted octanol–water partition coefficient (Wildman–Crippen LogP) is 3.08. The minimum absolute atomic E-state index is 0.0302. The Morgan fingerprint density at radius 3 is 2.63 bits per heavy atom. The molecule has 1 aliphatic heterocycles. The van der Waals surface area contributed by atoms with Gasteiger partial charge in [0.2, 0.25) is 5.91 Å². The third kappa shape index (κ3) is 7.01. The molecule has 2 aromatic rings. The number of rotatable bonds is 11. The van der Waals surface area contributed by atoms with E-state index in [1.807, 2.05) is 0 Å². The highest BCUT2D eigenvalue weighted by molar-refractivity contribution is 8.76. The van der Waals surface area contributed by atoms with Crippen LogP contribution in [0.25, 0.3) is 21.4 Å². The molecule has 3 amide bonds. The van der Waals surface area contributed by atoms with Crippen molar-refractivity contribution in [3.63, 3.8) is 0 Å². The van der Waals surface area contributed by atoms with Gasteiger partial charge in [-0.05, 0) is 24.1 Å². The van der Waals surface area contributed by atoms with E-state index in [-0.39, 0.29) is 42.7 Å². The number of benzene rings is 1. The summed E-state index contributed by atoms with van der Waals surface area (Å²) in [6, 6.07) is 4.73. The van der Waals surface area contributed by atoms with Crippen LogP contribution < -0.4 is 10.9 Å². The number of aryl methyl sites for hydroxylation is 1. The summed E-state index contributed by atoms with van der Waals surface area (Å²) in [7, 11) is 2.82. The van der Waals surface area contributed by atoms with Crippen molar-refractivity contribution in [2.24, 2.45) is 5.11 Å². The Kier molecular flexibility index (Phi) is 9.18. The number of hydrogen-bond donors (Lipinski definition) is 1. The van der Waals surface area contributed by atoms with Crippen LogP contribution in [-0.2, 0) is 30.4 Å². The molecule has 3 rings (SSSR count). The Hall–Kier alpha value is -3.48. The topological polar surface area (TPSA) is 172 Å². The molecule has 0 spiro atoms. The van der Waals surface area contributed by atoms with Gasteiger partial charge >= 0.3 is 11.6 Å². The van der Waals surface area contributed by atoms with Crippen molar-refractivity contribution in [2.45, 2.75) is 32.6 Å². The number of azide groups is 1. The van der Waals surface area contributed by atoms with Crippen LogP contribution in [0.2, 0.25) is 0 Å². The zero-order chi connectivity index (χ0) is 25.4. The minimum Gasteiger partial charge on any atom is -0.422 e. The third-order valence-corrected chi connectivity index (χ3v) is 7.36. The van der Waals surface area contributed by atoms with Gasteiger partial charge in [-0.25, -0.2) is 9.59 Å². The van der Waals surface area contributed by atoms with Gasteiger partial charge in [0.1, 0.15) is 5.58 Å². The lowest BCUT2D eigenvalue weighted by Crippen LogP contribution is -2.32. The van der Waals surface area contributed by atoms with Gasteiger partial charge in [-0.15, -0.1) is 5.06 Å². The monoisotopic (exact) mass is 519 g/mol. The van der Waals surface area contributed by atoms with Gasteiger partial charge in [-0.3, -0.25) is 14.4 Å². The number of carbonyl (C=O) groups excluding carboxylic acids is 4. The Morgan fingerprint density at radius 2 is 1.91 bits per heavy atom. The van der Waals surface area contributed by atoms with Crippen molar-refractivity contribution in [1.29, 1.82) is 0 Å². The molecule has 0 atom stereocenters. The molecule has 1 fully saturated rings. The molecule has 0 saturated carbocycles. The summed E-state index contributed by atoms with van der Waals surface area (Å²) in [4.78, 5) is 66.7. The summed E-state index contributed by atoms with van der Waals surface area (Å²) in [6.45, 7) is 2.08. The van der Waals surface area contributed by atoms with Crippen molar-refractivity contribution >= 4 is 61.9 Å². The lowest BCUT2D eigenvalue weighted by atomic mass is 10.0. The average molecular weight is 520 g/mol. The van der Waals surface area contributed by atoms with Crippen molar-refractivity contribution < 1.29 is 28.4 Å². The summed E-state index contributed by atoms with van der Waals surface area (Å²) in [5.41, 5.74) is 9.37. The number of fused-ring (bicyclic) bond motifs is 1. The fourth-order valence-electron chi connectivity index (χ4n) is 3.20. The SMILES string of the molecule is Cc1c(CC(=O)NCCSSCCC(=O)ON2C(=O)CCC2=O)c(=O)oc2cc(N=[N+]=[N-])ccc12. The highest BCUT2D eigenvalue weighted by Gasteiger charge is 2.32. The molecule has 1 aliphatic rings. The van der Waals surface area contributed by atoms with E-state index in [9.17, 15) is 24.0 Å². The Balaban J connectivity index is 1.38. The summed E-state index contributed by atoms with van der Waals surface area (Å²) in [5, 5.41) is 7.39. The molecule has 1 N–H and O–H groups in total. The fourth-order valence-corrected chi connectivity index (χ4v) is 5.08. The minimum atomic E-state index is -0.659. The summed E-state index contributed by atoms with van der Waals surface area (Å²) >= 11 is 0. The van der Waals surface area contributed by atoms with Crippen LogP contribution in [0, 0.1) is 6.92 Å². The lowest BCUT2D eigenvalue weighted by molar-refractivity contribution is -0.197. The number of hydrogen-bond acceptors (Lipinski definition) is 10. The number of imide groups is 1. The van der Waals surface area contributed by atoms with E-state index in [4.69, 9.17) is 14.8 Å². The van der Waals surface area contributed by atoms with E-state index in [0.717, 1.165) is 0 Å². The molecule has 1 aromatic carbocycles. The molecule has 0 radical (unpaired) electrons. The second-order valence-corrected chi connectivity index (χ2v) is 10.0. The maximum Gasteiger partial charge on any atom is 0.340 e. The summed E-state index contributed by atoms with van der Waals surface area (Å²) < 4.78 is 5.30. The lowest BCUT2D eigenvalue weighted by Gasteiger charge is -2.12. The molecule has 35 heavy (non-hydrogen) atoms. The van der Waals surface area contributed by atoms with Crippen molar-refractivity contribution in [1.82, 2.24) is 10.4 Å². The van der Waals surface area contributed by atoms with Gasteiger partial charge < -0.3 is 14.6 Å². The Morgan fingerprint density at radius 1 is 1.20 bits per heavy atom. The van der Waals surface area contributed by atoms with Gasteiger partial charge in [-0.2, -0.15) is 0 Å². The maximum absolute atomic E-state index is 12.4. The molecule has 1 aromatic heterocycles. The first-order valence-corrected chi connectivity index (χ1v) is 13.0. The smallest absolute Gasteiger partial charge is 0.340 e. The Labute approximate surface area is 206 Å². The third-order valence-electron chi connectivity index (χ3n) is 4.95. The first-order chi connectivity index (χ1) is 16.8. The van der Waals surface area contributed by atoms with Gasteiger partial charge in [0, 0.05) is 46.9 Å². The highest BCUT2D eigenvalue weighted by atomic mass is 33.1. The van der Waals surface area contributed by atoms with Crippen LogP contribution >= 0.6 is 21.6 Å². The molecular weight excluding hydrogens is 498 g/mol. The van der Waals surface area contributed by atoms with Crippen LogP contribution in [-0.4, -0.2) is 46.8 Å². The normalized spacial score (nSPS) is 13.1. The number of nitrogens with one attached hydrogen (secondary N) is 1. The number of nitrogens with zero attached hydrogens (tertiary/aromatic N) is 4. The van der Waals surface area contributed by atoms with E-state index in [1.54, 1.807) is 19.1 Å². The zero-order valence-electron chi connectivity index (χ0n) is 18.6. The van der Waals surface area contributed by atoms with Gasteiger partial charge in [0.05, 0.1) is 18.4 Å². The van der Waals surface area contributed by atoms with E-state index < -0.39 is 23.4 Å². The molecule has 1 saturated heterocycles. The summed E-state index contributed by atoms with van der Waals surface area (Å²) in [5.74, 6) is -1.06. The largest absolute Gasteiger partial charge is 0.422 e. The molecule has 14 heteroatoms. The van der Waals surface area contributed by atoms with Crippen LogP contribution in [0.3, 0.4) is 0 Å². The summed E-state index contributed by atoms with van der Waals surface area (Å²) in [6.07, 6.45) is -0.0107. The highest BCUT2D eigenvalue weighted by Crippen LogP contribution is 2.25. The zero-order valence-corrected chi connectivity index (χ0v) is 20.3. The molecule has 2 heterocycles.